The second-order valence-electron chi connectivity index (χ2n) is 4.49. The van der Waals surface area contributed by atoms with Gasteiger partial charge in [-0.05, 0) is 25.8 Å². The van der Waals surface area contributed by atoms with Gasteiger partial charge in [0, 0.05) is 12.6 Å². The van der Waals surface area contributed by atoms with Crippen molar-refractivity contribution in [1.82, 2.24) is 5.32 Å². The zero-order valence-corrected chi connectivity index (χ0v) is 10.9. The Morgan fingerprint density at radius 3 is 2.25 bits per heavy atom. The van der Waals surface area contributed by atoms with Crippen LogP contribution in [0, 0.1) is 0 Å². The number of aliphatic hydroxyl groups is 2. The van der Waals surface area contributed by atoms with Crippen molar-refractivity contribution in [3.63, 3.8) is 0 Å². The molecule has 0 bridgehead atoms. The van der Waals surface area contributed by atoms with Crippen LogP contribution in [-0.2, 0) is 0 Å². The first kappa shape index (κ1) is 15.9. The van der Waals surface area contributed by atoms with Gasteiger partial charge in [-0.25, -0.2) is 0 Å². The molecule has 98 valence electrons. The molecule has 0 aliphatic carbocycles. The second kappa shape index (κ2) is 11.4. The third kappa shape index (κ3) is 8.08. The molecule has 3 nitrogen and oxygen atoms in total. The van der Waals surface area contributed by atoms with Gasteiger partial charge in [-0.1, -0.05) is 39.5 Å². The van der Waals surface area contributed by atoms with E-state index in [-0.39, 0.29) is 18.8 Å². The Labute approximate surface area is 100 Å². The average Bonchev–Trinajstić information content (AvgIpc) is 2.28. The molecule has 2 atom stereocenters. The van der Waals surface area contributed by atoms with Gasteiger partial charge in [0.15, 0.2) is 0 Å². The van der Waals surface area contributed by atoms with E-state index in [1.165, 1.54) is 12.8 Å². The van der Waals surface area contributed by atoms with Crippen molar-refractivity contribution in [1.29, 1.82) is 0 Å². The van der Waals surface area contributed by atoms with Crippen molar-refractivity contribution >= 4 is 0 Å². The number of nitrogens with one attached hydrogen (secondary N) is 1. The fourth-order valence-electron chi connectivity index (χ4n) is 1.84. The Kier molecular flexibility index (Phi) is 11.3. The topological polar surface area (TPSA) is 52.5 Å². The zero-order valence-electron chi connectivity index (χ0n) is 10.9. The number of hydrogen-bond acceptors (Lipinski definition) is 3. The summed E-state index contributed by atoms with van der Waals surface area (Å²) in [6, 6.07) is 0.0633. The van der Waals surface area contributed by atoms with Crippen molar-refractivity contribution < 1.29 is 10.2 Å². The van der Waals surface area contributed by atoms with Crippen LogP contribution in [0.5, 0.6) is 0 Å². The lowest BCUT2D eigenvalue weighted by atomic mass is 10.0. The quantitative estimate of drug-likeness (QED) is 0.477. The summed E-state index contributed by atoms with van der Waals surface area (Å²) in [4.78, 5) is 0. The van der Waals surface area contributed by atoms with Crippen molar-refractivity contribution in [2.24, 2.45) is 0 Å². The summed E-state index contributed by atoms with van der Waals surface area (Å²) < 4.78 is 0. The van der Waals surface area contributed by atoms with Gasteiger partial charge in [0.25, 0.3) is 0 Å². The van der Waals surface area contributed by atoms with Crippen molar-refractivity contribution in [2.45, 2.75) is 70.9 Å². The molecule has 16 heavy (non-hydrogen) atoms. The summed E-state index contributed by atoms with van der Waals surface area (Å²) >= 11 is 0. The van der Waals surface area contributed by atoms with E-state index in [0.29, 0.717) is 6.42 Å². The smallest absolute Gasteiger partial charge is 0.0694 e. The lowest BCUT2D eigenvalue weighted by molar-refractivity contribution is 0.0996. The summed E-state index contributed by atoms with van der Waals surface area (Å²) in [5.41, 5.74) is 0. The molecule has 0 heterocycles. The van der Waals surface area contributed by atoms with E-state index < -0.39 is 0 Å². The molecule has 0 aromatic rings. The van der Waals surface area contributed by atoms with E-state index in [1.54, 1.807) is 0 Å². The molecule has 0 aliphatic rings. The predicted octanol–water partition coefficient (Wildman–Crippen LogP) is 2.07. The molecule has 3 N–H and O–H groups in total. The molecule has 0 saturated carbocycles. The van der Waals surface area contributed by atoms with Crippen molar-refractivity contribution in [3.05, 3.63) is 0 Å². The minimum absolute atomic E-state index is 0.0633. The third-order valence-corrected chi connectivity index (χ3v) is 2.94. The molecule has 2 unspecified atom stereocenters. The molecule has 0 rings (SSSR count). The largest absolute Gasteiger partial charge is 0.396 e. The summed E-state index contributed by atoms with van der Waals surface area (Å²) in [6.45, 7) is 5.40. The lowest BCUT2D eigenvalue weighted by Crippen LogP contribution is -2.41. The number of rotatable bonds is 11. The van der Waals surface area contributed by atoms with Gasteiger partial charge in [0.1, 0.15) is 0 Å². The second-order valence-corrected chi connectivity index (χ2v) is 4.49. The molecular weight excluding hydrogens is 202 g/mol. The fourth-order valence-corrected chi connectivity index (χ4v) is 1.84. The Hall–Kier alpha value is -0.120. The molecule has 0 fully saturated rings. The van der Waals surface area contributed by atoms with E-state index in [0.717, 1.165) is 32.2 Å². The monoisotopic (exact) mass is 231 g/mol. The van der Waals surface area contributed by atoms with Gasteiger partial charge in [0.2, 0.25) is 0 Å². The maximum Gasteiger partial charge on any atom is 0.0694 e. The molecule has 0 amide bonds. The van der Waals surface area contributed by atoms with Crippen molar-refractivity contribution in [2.75, 3.05) is 13.2 Å². The highest BCUT2D eigenvalue weighted by Gasteiger charge is 2.17. The van der Waals surface area contributed by atoms with Crippen molar-refractivity contribution in [3.8, 4) is 0 Å². The van der Waals surface area contributed by atoms with Crippen LogP contribution in [0.2, 0.25) is 0 Å². The average molecular weight is 231 g/mol. The van der Waals surface area contributed by atoms with Gasteiger partial charge in [0.05, 0.1) is 6.10 Å². The first-order chi connectivity index (χ1) is 7.76. The first-order valence-corrected chi connectivity index (χ1v) is 6.78. The minimum atomic E-state index is -0.310. The standard InChI is InChI=1S/C13H29NO2/c1-3-5-7-8-13(16)12(9-11-15)14-10-6-4-2/h12-16H,3-11H2,1-2H3. The highest BCUT2D eigenvalue weighted by Crippen LogP contribution is 2.09. The van der Waals surface area contributed by atoms with Crippen LogP contribution in [0.15, 0.2) is 0 Å². The van der Waals surface area contributed by atoms with Crippen LogP contribution in [-0.4, -0.2) is 35.5 Å². The van der Waals surface area contributed by atoms with Crippen LogP contribution in [0.25, 0.3) is 0 Å². The Balaban J connectivity index is 3.77. The molecule has 0 radical (unpaired) electrons. The van der Waals surface area contributed by atoms with Gasteiger partial charge in [-0.15, -0.1) is 0 Å². The molecular formula is C13H29NO2. The highest BCUT2D eigenvalue weighted by molar-refractivity contribution is 4.75. The van der Waals surface area contributed by atoms with Gasteiger partial charge in [-0.2, -0.15) is 0 Å². The Morgan fingerprint density at radius 1 is 1.00 bits per heavy atom. The molecule has 0 aliphatic heterocycles. The maximum atomic E-state index is 9.99. The number of unbranched alkanes of at least 4 members (excludes halogenated alkanes) is 3. The highest BCUT2D eigenvalue weighted by atomic mass is 16.3. The molecule has 0 saturated heterocycles. The van der Waals surface area contributed by atoms with Crippen LogP contribution < -0.4 is 5.32 Å². The fraction of sp³-hybridized carbons (Fsp3) is 1.00. The summed E-state index contributed by atoms with van der Waals surface area (Å²) in [5.74, 6) is 0. The van der Waals surface area contributed by atoms with Crippen LogP contribution in [0.4, 0.5) is 0 Å². The zero-order chi connectivity index (χ0) is 12.2. The lowest BCUT2D eigenvalue weighted by Gasteiger charge is -2.23. The van der Waals surface area contributed by atoms with Gasteiger partial charge >= 0.3 is 0 Å². The van der Waals surface area contributed by atoms with E-state index in [4.69, 9.17) is 5.11 Å². The van der Waals surface area contributed by atoms with Crippen LogP contribution in [0.1, 0.15) is 58.8 Å². The molecule has 0 spiro atoms. The van der Waals surface area contributed by atoms with E-state index >= 15 is 0 Å². The number of hydrogen-bond donors (Lipinski definition) is 3. The summed E-state index contributed by atoms with van der Waals surface area (Å²) in [5, 5.41) is 22.3. The number of aliphatic hydroxyl groups excluding tert-OH is 2. The minimum Gasteiger partial charge on any atom is -0.396 e. The van der Waals surface area contributed by atoms with E-state index in [1.807, 2.05) is 0 Å². The normalized spacial score (nSPS) is 15.0. The molecule has 0 aromatic heterocycles. The molecule has 0 aromatic carbocycles. The van der Waals surface area contributed by atoms with E-state index in [2.05, 4.69) is 19.2 Å². The Bertz CT molecular complexity index is 142. The van der Waals surface area contributed by atoms with Crippen LogP contribution >= 0.6 is 0 Å². The maximum absolute atomic E-state index is 9.99. The van der Waals surface area contributed by atoms with Gasteiger partial charge in [-0.3, -0.25) is 0 Å². The predicted molar refractivity (Wildman–Crippen MR) is 68.6 cm³/mol. The SMILES string of the molecule is CCCCCC(O)C(CCO)NCCCC. The van der Waals surface area contributed by atoms with Gasteiger partial charge < -0.3 is 15.5 Å². The summed E-state index contributed by atoms with van der Waals surface area (Å²) in [7, 11) is 0. The third-order valence-electron chi connectivity index (χ3n) is 2.94. The first-order valence-electron chi connectivity index (χ1n) is 6.78. The van der Waals surface area contributed by atoms with Crippen LogP contribution in [0.3, 0.4) is 0 Å². The Morgan fingerprint density at radius 2 is 1.69 bits per heavy atom. The van der Waals surface area contributed by atoms with E-state index in [9.17, 15) is 5.11 Å². The summed E-state index contributed by atoms with van der Waals surface area (Å²) in [6.07, 6.45) is 6.91. The molecule has 3 heteroatoms.